The van der Waals surface area contributed by atoms with Crippen molar-refractivity contribution in [2.45, 2.75) is 32.1 Å². The Bertz CT molecular complexity index is 197. The van der Waals surface area contributed by atoms with Crippen LogP contribution in [0.25, 0.3) is 0 Å². The SMILES string of the molecule is NCCCCCNC(=O)CCC(=O)NO. The van der Waals surface area contributed by atoms with Crippen molar-refractivity contribution in [1.82, 2.24) is 10.8 Å². The molecule has 0 bridgehead atoms. The molecule has 0 aliphatic carbocycles. The summed E-state index contributed by atoms with van der Waals surface area (Å²) in [5.41, 5.74) is 6.78. The van der Waals surface area contributed by atoms with E-state index in [9.17, 15) is 9.59 Å². The topological polar surface area (TPSA) is 104 Å². The van der Waals surface area contributed by atoms with E-state index in [1.54, 1.807) is 0 Å². The van der Waals surface area contributed by atoms with Gasteiger partial charge in [0.2, 0.25) is 11.8 Å². The quantitative estimate of drug-likeness (QED) is 0.250. The summed E-state index contributed by atoms with van der Waals surface area (Å²) >= 11 is 0. The maximum Gasteiger partial charge on any atom is 0.243 e. The van der Waals surface area contributed by atoms with Crippen LogP contribution in [0.5, 0.6) is 0 Å². The van der Waals surface area contributed by atoms with Crippen LogP contribution in [0.4, 0.5) is 0 Å². The molecule has 0 saturated carbocycles. The lowest BCUT2D eigenvalue weighted by molar-refractivity contribution is -0.131. The second-order valence-corrected chi connectivity index (χ2v) is 3.23. The van der Waals surface area contributed by atoms with Crippen molar-refractivity contribution >= 4 is 11.8 Å². The molecule has 0 saturated heterocycles. The van der Waals surface area contributed by atoms with Crippen LogP contribution in [-0.2, 0) is 9.59 Å². The molecule has 0 aromatic rings. The molecule has 6 heteroatoms. The van der Waals surface area contributed by atoms with E-state index in [-0.39, 0.29) is 18.7 Å². The summed E-state index contributed by atoms with van der Waals surface area (Å²) in [7, 11) is 0. The van der Waals surface area contributed by atoms with Gasteiger partial charge >= 0.3 is 0 Å². The van der Waals surface area contributed by atoms with E-state index in [0.29, 0.717) is 13.1 Å². The Kier molecular flexibility index (Phi) is 8.70. The number of rotatable bonds is 8. The van der Waals surface area contributed by atoms with Crippen LogP contribution in [0.3, 0.4) is 0 Å². The van der Waals surface area contributed by atoms with Crippen LogP contribution in [-0.4, -0.2) is 30.1 Å². The predicted octanol–water partition coefficient (Wildman–Crippen LogP) is -0.483. The summed E-state index contributed by atoms with van der Waals surface area (Å²) in [6.45, 7) is 1.28. The van der Waals surface area contributed by atoms with Crippen LogP contribution in [0.1, 0.15) is 32.1 Å². The third-order valence-electron chi connectivity index (χ3n) is 1.91. The highest BCUT2D eigenvalue weighted by molar-refractivity contribution is 5.83. The van der Waals surface area contributed by atoms with Gasteiger partial charge < -0.3 is 11.1 Å². The minimum Gasteiger partial charge on any atom is -0.356 e. The summed E-state index contributed by atoms with van der Waals surface area (Å²) in [5.74, 6) is -0.723. The monoisotopic (exact) mass is 217 g/mol. The summed E-state index contributed by atoms with van der Waals surface area (Å²) in [5, 5.41) is 10.9. The lowest BCUT2D eigenvalue weighted by atomic mass is 10.2. The molecule has 0 aromatic heterocycles. The number of carbonyl (C=O) groups is 2. The lowest BCUT2D eigenvalue weighted by Gasteiger charge is -2.04. The third-order valence-corrected chi connectivity index (χ3v) is 1.91. The molecule has 5 N–H and O–H groups in total. The van der Waals surface area contributed by atoms with Crippen molar-refractivity contribution in [2.24, 2.45) is 5.73 Å². The Labute approximate surface area is 89.2 Å². The van der Waals surface area contributed by atoms with Crippen molar-refractivity contribution < 1.29 is 14.8 Å². The largest absolute Gasteiger partial charge is 0.356 e. The van der Waals surface area contributed by atoms with Crippen LogP contribution in [0, 0.1) is 0 Å². The Morgan fingerprint density at radius 2 is 1.73 bits per heavy atom. The lowest BCUT2D eigenvalue weighted by Crippen LogP contribution is -2.27. The number of unbranched alkanes of at least 4 members (excludes halogenated alkanes) is 2. The molecule has 0 spiro atoms. The van der Waals surface area contributed by atoms with Gasteiger partial charge in [-0.2, -0.15) is 0 Å². The maximum absolute atomic E-state index is 11.1. The van der Waals surface area contributed by atoms with Gasteiger partial charge in [-0.1, -0.05) is 6.42 Å². The van der Waals surface area contributed by atoms with Crippen LogP contribution >= 0.6 is 0 Å². The average Bonchev–Trinajstić information content (AvgIpc) is 2.25. The molecule has 0 aliphatic heterocycles. The minimum atomic E-state index is -0.548. The number of hydroxylamine groups is 1. The molecule has 0 unspecified atom stereocenters. The Morgan fingerprint density at radius 3 is 2.33 bits per heavy atom. The molecular weight excluding hydrogens is 198 g/mol. The molecule has 0 aromatic carbocycles. The summed E-state index contributed by atoms with van der Waals surface area (Å²) in [4.78, 5) is 21.7. The first kappa shape index (κ1) is 13.9. The van der Waals surface area contributed by atoms with E-state index in [1.807, 2.05) is 0 Å². The second kappa shape index (κ2) is 9.42. The molecule has 0 radical (unpaired) electrons. The fourth-order valence-corrected chi connectivity index (χ4v) is 1.05. The molecule has 88 valence electrons. The fourth-order valence-electron chi connectivity index (χ4n) is 1.05. The van der Waals surface area contributed by atoms with Crippen LogP contribution in [0.2, 0.25) is 0 Å². The van der Waals surface area contributed by atoms with E-state index in [4.69, 9.17) is 10.9 Å². The normalized spacial score (nSPS) is 9.73. The Balaban J connectivity index is 3.30. The number of nitrogens with one attached hydrogen (secondary N) is 2. The molecule has 0 rings (SSSR count). The molecule has 0 heterocycles. The zero-order chi connectivity index (χ0) is 11.5. The van der Waals surface area contributed by atoms with Crippen molar-refractivity contribution in [1.29, 1.82) is 0 Å². The number of carbonyl (C=O) groups excluding carboxylic acids is 2. The van der Waals surface area contributed by atoms with Gasteiger partial charge in [-0.3, -0.25) is 14.8 Å². The summed E-state index contributed by atoms with van der Waals surface area (Å²) in [6.07, 6.45) is 2.96. The van der Waals surface area contributed by atoms with Crippen molar-refractivity contribution in [3.05, 3.63) is 0 Å². The van der Waals surface area contributed by atoms with E-state index in [2.05, 4.69) is 5.32 Å². The molecule has 15 heavy (non-hydrogen) atoms. The van der Waals surface area contributed by atoms with Gasteiger partial charge in [-0.25, -0.2) is 5.48 Å². The second-order valence-electron chi connectivity index (χ2n) is 3.23. The number of hydrogen-bond acceptors (Lipinski definition) is 4. The van der Waals surface area contributed by atoms with Crippen molar-refractivity contribution in [3.8, 4) is 0 Å². The first-order chi connectivity index (χ1) is 7.20. The number of amides is 2. The maximum atomic E-state index is 11.1. The molecular formula is C9H19N3O3. The summed E-state index contributed by atoms with van der Waals surface area (Å²) in [6, 6.07) is 0. The minimum absolute atomic E-state index is 0.00509. The molecule has 2 amide bonds. The highest BCUT2D eigenvalue weighted by Crippen LogP contribution is 1.93. The van der Waals surface area contributed by atoms with Gasteiger partial charge in [-0.15, -0.1) is 0 Å². The van der Waals surface area contributed by atoms with E-state index in [0.717, 1.165) is 19.3 Å². The summed E-state index contributed by atoms with van der Waals surface area (Å²) < 4.78 is 0. The highest BCUT2D eigenvalue weighted by atomic mass is 16.5. The Hall–Kier alpha value is -1.14. The van der Waals surface area contributed by atoms with Crippen molar-refractivity contribution in [3.63, 3.8) is 0 Å². The predicted molar refractivity (Wildman–Crippen MR) is 55.1 cm³/mol. The van der Waals surface area contributed by atoms with Crippen molar-refractivity contribution in [2.75, 3.05) is 13.1 Å². The smallest absolute Gasteiger partial charge is 0.243 e. The third kappa shape index (κ3) is 9.17. The highest BCUT2D eigenvalue weighted by Gasteiger charge is 2.04. The molecule has 0 aliphatic rings. The molecule has 0 atom stereocenters. The zero-order valence-corrected chi connectivity index (χ0v) is 8.79. The van der Waals surface area contributed by atoms with E-state index < -0.39 is 5.91 Å². The van der Waals surface area contributed by atoms with Crippen LogP contribution in [0.15, 0.2) is 0 Å². The van der Waals surface area contributed by atoms with Gasteiger partial charge in [0.1, 0.15) is 0 Å². The number of nitrogens with two attached hydrogens (primary N) is 1. The zero-order valence-electron chi connectivity index (χ0n) is 8.79. The van der Waals surface area contributed by atoms with Crippen LogP contribution < -0.4 is 16.5 Å². The standard InChI is InChI=1S/C9H19N3O3/c10-6-2-1-3-7-11-8(13)4-5-9(14)12-15/h15H,1-7,10H2,(H,11,13)(H,12,14). The van der Waals surface area contributed by atoms with Gasteiger partial charge in [-0.05, 0) is 19.4 Å². The fraction of sp³-hybridized carbons (Fsp3) is 0.778. The number of hydrogen-bond donors (Lipinski definition) is 4. The van der Waals surface area contributed by atoms with Gasteiger partial charge in [0.25, 0.3) is 0 Å². The van der Waals surface area contributed by atoms with E-state index >= 15 is 0 Å². The van der Waals surface area contributed by atoms with Gasteiger partial charge in [0.15, 0.2) is 0 Å². The first-order valence-electron chi connectivity index (χ1n) is 5.10. The molecule has 6 nitrogen and oxygen atoms in total. The first-order valence-corrected chi connectivity index (χ1v) is 5.10. The van der Waals surface area contributed by atoms with Gasteiger partial charge in [0, 0.05) is 19.4 Å². The van der Waals surface area contributed by atoms with Gasteiger partial charge in [0.05, 0.1) is 0 Å². The van der Waals surface area contributed by atoms with E-state index in [1.165, 1.54) is 5.48 Å². The molecule has 0 fully saturated rings. The Morgan fingerprint density at radius 1 is 1.07 bits per heavy atom. The average molecular weight is 217 g/mol.